The molecule has 0 bridgehead atoms. The minimum atomic E-state index is -0.222. The Labute approximate surface area is 112 Å². The van der Waals surface area contributed by atoms with E-state index in [1.165, 1.54) is 17.7 Å². The summed E-state index contributed by atoms with van der Waals surface area (Å²) in [6.45, 7) is 15.5. The molecule has 0 unspecified atom stereocenters. The molecule has 0 spiro atoms. The molecular formula is C17H27F. The summed E-state index contributed by atoms with van der Waals surface area (Å²) < 4.78 is 13.4. The summed E-state index contributed by atoms with van der Waals surface area (Å²) in [4.78, 5) is 0. The van der Waals surface area contributed by atoms with Gasteiger partial charge in [0.25, 0.3) is 0 Å². The van der Waals surface area contributed by atoms with Gasteiger partial charge in [-0.15, -0.1) is 0 Å². The number of halogens is 1. The van der Waals surface area contributed by atoms with E-state index in [9.17, 15) is 4.39 Å². The predicted molar refractivity (Wildman–Crippen MR) is 82.5 cm³/mol. The maximum absolute atomic E-state index is 13.4. The van der Waals surface area contributed by atoms with Crippen molar-refractivity contribution in [1.29, 1.82) is 0 Å². The molecule has 0 N–H and O–H groups in total. The van der Waals surface area contributed by atoms with Gasteiger partial charge in [0.05, 0.1) is 0 Å². The molecule has 1 aromatic rings. The summed E-state index contributed by atoms with van der Waals surface area (Å²) in [5.74, 6) is -0.222. The second-order valence-electron chi connectivity index (χ2n) is 3.25. The first kappa shape index (κ1) is 19.0. The fourth-order valence-corrected chi connectivity index (χ4v) is 1.41. The first-order valence-electron chi connectivity index (χ1n) is 6.77. The van der Waals surface area contributed by atoms with Crippen LogP contribution in [0.3, 0.4) is 0 Å². The van der Waals surface area contributed by atoms with Gasteiger partial charge in [-0.05, 0) is 30.5 Å². The Morgan fingerprint density at radius 3 is 2.17 bits per heavy atom. The van der Waals surface area contributed by atoms with E-state index in [4.69, 9.17) is 0 Å². The first-order chi connectivity index (χ1) is 8.69. The lowest BCUT2D eigenvalue weighted by Gasteiger charge is -2.05. The summed E-state index contributed by atoms with van der Waals surface area (Å²) in [5.41, 5.74) is 2.86. The molecule has 18 heavy (non-hydrogen) atoms. The highest BCUT2D eigenvalue weighted by Crippen LogP contribution is 2.21. The number of rotatable bonds is 3. The van der Waals surface area contributed by atoms with E-state index in [2.05, 4.69) is 13.5 Å². The average molecular weight is 250 g/mol. The minimum Gasteiger partial charge on any atom is -0.206 e. The molecule has 1 aromatic carbocycles. The van der Waals surface area contributed by atoms with Crippen LogP contribution in [0, 0.1) is 6.92 Å². The van der Waals surface area contributed by atoms with Gasteiger partial charge in [-0.1, -0.05) is 65.5 Å². The lowest BCUT2D eigenvalue weighted by Crippen LogP contribution is -1.88. The van der Waals surface area contributed by atoms with Gasteiger partial charge in [0.1, 0.15) is 5.83 Å². The SMILES string of the molecule is C=C/C=C(/F)c1ccc(CC)cc1C.CC.CC. The zero-order valence-corrected chi connectivity index (χ0v) is 12.7. The molecule has 0 radical (unpaired) electrons. The molecule has 0 aliphatic rings. The number of hydrogen-bond donors (Lipinski definition) is 0. The molecule has 1 heteroatoms. The van der Waals surface area contributed by atoms with Gasteiger partial charge in [-0.3, -0.25) is 0 Å². The highest BCUT2D eigenvalue weighted by atomic mass is 19.1. The second-order valence-corrected chi connectivity index (χ2v) is 3.25. The van der Waals surface area contributed by atoms with Crippen molar-refractivity contribution in [2.45, 2.75) is 48.0 Å². The Morgan fingerprint density at radius 1 is 1.22 bits per heavy atom. The lowest BCUT2D eigenvalue weighted by molar-refractivity contribution is 0.758. The van der Waals surface area contributed by atoms with Gasteiger partial charge < -0.3 is 0 Å². The zero-order valence-electron chi connectivity index (χ0n) is 12.7. The van der Waals surface area contributed by atoms with Gasteiger partial charge >= 0.3 is 0 Å². The third-order valence-corrected chi connectivity index (χ3v) is 2.22. The number of benzene rings is 1. The largest absolute Gasteiger partial charge is 0.206 e. The fraction of sp³-hybridized carbons (Fsp3) is 0.412. The van der Waals surface area contributed by atoms with Crippen LogP contribution in [-0.2, 0) is 6.42 Å². The van der Waals surface area contributed by atoms with E-state index in [1.807, 2.05) is 52.8 Å². The van der Waals surface area contributed by atoms with Gasteiger partial charge in [0.2, 0.25) is 0 Å². The Hall–Kier alpha value is -1.37. The molecule has 0 aliphatic heterocycles. The lowest BCUT2D eigenvalue weighted by atomic mass is 10.0. The summed E-state index contributed by atoms with van der Waals surface area (Å²) in [7, 11) is 0. The summed E-state index contributed by atoms with van der Waals surface area (Å²) in [5, 5.41) is 0. The Balaban J connectivity index is 0. The minimum absolute atomic E-state index is 0.222. The van der Waals surface area contributed by atoms with Crippen molar-refractivity contribution in [3.8, 4) is 0 Å². The monoisotopic (exact) mass is 250 g/mol. The van der Waals surface area contributed by atoms with Crippen molar-refractivity contribution in [1.82, 2.24) is 0 Å². The topological polar surface area (TPSA) is 0 Å². The fourth-order valence-electron chi connectivity index (χ4n) is 1.41. The molecule has 0 nitrogen and oxygen atoms in total. The van der Waals surface area contributed by atoms with Crippen LogP contribution in [0.1, 0.15) is 51.3 Å². The van der Waals surface area contributed by atoms with Crippen molar-refractivity contribution in [2.75, 3.05) is 0 Å². The Kier molecular flexibility index (Phi) is 12.8. The van der Waals surface area contributed by atoms with Crippen LogP contribution in [-0.4, -0.2) is 0 Å². The summed E-state index contributed by atoms with van der Waals surface area (Å²) >= 11 is 0. The smallest absolute Gasteiger partial charge is 0.130 e. The summed E-state index contributed by atoms with van der Waals surface area (Å²) in [6.07, 6.45) is 3.82. The molecule has 102 valence electrons. The zero-order chi connectivity index (χ0) is 14.6. The van der Waals surface area contributed by atoms with E-state index >= 15 is 0 Å². The third kappa shape index (κ3) is 6.39. The maximum atomic E-state index is 13.4. The van der Waals surface area contributed by atoms with Crippen molar-refractivity contribution in [3.63, 3.8) is 0 Å². The van der Waals surface area contributed by atoms with Crippen LogP contribution >= 0.6 is 0 Å². The first-order valence-corrected chi connectivity index (χ1v) is 6.77. The van der Waals surface area contributed by atoms with Gasteiger partial charge in [-0.2, -0.15) is 0 Å². The number of aryl methyl sites for hydroxylation is 2. The average Bonchev–Trinajstić information content (AvgIpc) is 2.43. The van der Waals surface area contributed by atoms with Crippen molar-refractivity contribution in [2.24, 2.45) is 0 Å². The highest BCUT2D eigenvalue weighted by molar-refractivity contribution is 5.63. The molecule has 0 amide bonds. The van der Waals surface area contributed by atoms with Crippen LogP contribution in [0.2, 0.25) is 0 Å². The van der Waals surface area contributed by atoms with E-state index in [0.717, 1.165) is 12.0 Å². The molecular weight excluding hydrogens is 223 g/mol. The van der Waals surface area contributed by atoms with Crippen LogP contribution in [0.4, 0.5) is 4.39 Å². The third-order valence-electron chi connectivity index (χ3n) is 2.22. The van der Waals surface area contributed by atoms with E-state index < -0.39 is 0 Å². The second kappa shape index (κ2) is 12.1. The molecule has 0 fully saturated rings. The number of allylic oxidation sites excluding steroid dienone is 2. The van der Waals surface area contributed by atoms with Crippen LogP contribution < -0.4 is 0 Å². The van der Waals surface area contributed by atoms with Crippen molar-refractivity contribution < 1.29 is 4.39 Å². The van der Waals surface area contributed by atoms with Gasteiger partial charge in [-0.25, -0.2) is 4.39 Å². The molecule has 0 atom stereocenters. The molecule has 0 saturated heterocycles. The van der Waals surface area contributed by atoms with Gasteiger partial charge in [0.15, 0.2) is 0 Å². The highest BCUT2D eigenvalue weighted by Gasteiger charge is 2.03. The van der Waals surface area contributed by atoms with Gasteiger partial charge in [0, 0.05) is 5.56 Å². The summed E-state index contributed by atoms with van der Waals surface area (Å²) in [6, 6.07) is 5.80. The Bertz CT molecular complexity index is 362. The predicted octanol–water partition coefficient (Wildman–Crippen LogP) is 6.11. The molecule has 0 aliphatic carbocycles. The van der Waals surface area contributed by atoms with Crippen LogP contribution in [0.15, 0.2) is 36.9 Å². The van der Waals surface area contributed by atoms with E-state index in [1.54, 1.807) is 0 Å². The Morgan fingerprint density at radius 2 is 1.78 bits per heavy atom. The molecule has 0 saturated carbocycles. The standard InChI is InChI=1S/C13H15F.2C2H6/c1-4-6-13(14)12-8-7-11(5-2)9-10(12)3;2*1-2/h4,6-9H,1,5H2,2-3H3;2*1-2H3/b13-6+;;. The normalized spacial score (nSPS) is 9.61. The van der Waals surface area contributed by atoms with E-state index in [-0.39, 0.29) is 5.83 Å². The molecule has 0 heterocycles. The number of hydrogen-bond acceptors (Lipinski definition) is 0. The quantitative estimate of drug-likeness (QED) is 0.568. The molecule has 1 rings (SSSR count). The maximum Gasteiger partial charge on any atom is 0.130 e. The van der Waals surface area contributed by atoms with E-state index in [0.29, 0.717) is 5.56 Å². The van der Waals surface area contributed by atoms with Crippen molar-refractivity contribution >= 4 is 5.83 Å². The van der Waals surface area contributed by atoms with Crippen molar-refractivity contribution in [3.05, 3.63) is 53.6 Å². The van der Waals surface area contributed by atoms with Crippen LogP contribution in [0.25, 0.3) is 5.83 Å². The van der Waals surface area contributed by atoms with Crippen LogP contribution in [0.5, 0.6) is 0 Å². The molecule has 0 aromatic heterocycles.